The van der Waals surface area contributed by atoms with Crippen molar-refractivity contribution in [2.75, 3.05) is 7.11 Å². The summed E-state index contributed by atoms with van der Waals surface area (Å²) in [5.41, 5.74) is 0.976. The second kappa shape index (κ2) is 4.97. The molecular weight excluding hydrogens is 317 g/mol. The molecule has 0 saturated heterocycles. The van der Waals surface area contributed by atoms with Gasteiger partial charge in [0.25, 0.3) is 0 Å². The summed E-state index contributed by atoms with van der Waals surface area (Å²) in [4.78, 5) is 4.34. The van der Waals surface area contributed by atoms with Gasteiger partial charge in [-0.25, -0.2) is 0 Å². The van der Waals surface area contributed by atoms with Crippen molar-refractivity contribution in [3.63, 3.8) is 0 Å². The molecule has 0 spiro atoms. The normalized spacial score (nSPS) is 12.7. The zero-order valence-electron chi connectivity index (χ0n) is 9.11. The summed E-state index contributed by atoms with van der Waals surface area (Å²) in [6.07, 6.45) is 1.46. The molecule has 1 heterocycles. The Hall–Kier alpha value is -0.880. The van der Waals surface area contributed by atoms with Crippen LogP contribution in [0.5, 0.6) is 5.75 Å². The van der Waals surface area contributed by atoms with Crippen LogP contribution in [0.15, 0.2) is 30.5 Å². The van der Waals surface area contributed by atoms with E-state index in [9.17, 15) is 0 Å². The summed E-state index contributed by atoms with van der Waals surface area (Å²) >= 11 is 2.27. The predicted octanol–water partition coefficient (Wildman–Crippen LogP) is 3.21. The van der Waals surface area contributed by atoms with Crippen LogP contribution in [-0.4, -0.2) is 18.4 Å². The van der Waals surface area contributed by atoms with Crippen molar-refractivity contribution >= 4 is 33.5 Å². The number of rotatable bonds is 3. The van der Waals surface area contributed by atoms with Crippen LogP contribution >= 0.6 is 22.6 Å². The minimum Gasteiger partial charge on any atom is -0.464 e. The van der Waals surface area contributed by atoms with Gasteiger partial charge in [-0.2, -0.15) is 0 Å². The summed E-state index contributed by atoms with van der Waals surface area (Å²) in [6, 6.07) is 8.09. The minimum atomic E-state index is -0.261. The van der Waals surface area contributed by atoms with E-state index in [1.165, 1.54) is 3.57 Å². The fraction of sp³-hybridized carbons (Fsp3) is 0.250. The Morgan fingerprint density at radius 1 is 1.31 bits per heavy atom. The van der Waals surface area contributed by atoms with Crippen LogP contribution in [0, 0.1) is 3.57 Å². The molecule has 4 heteroatoms. The average molecular weight is 329 g/mol. The number of nitrogens with zero attached hydrogens (tertiary/aromatic N) is 1. The maximum Gasteiger partial charge on any atom is 0.196 e. The summed E-state index contributed by atoms with van der Waals surface area (Å²) < 4.78 is 11.7. The molecule has 0 aliphatic heterocycles. The Labute approximate surface area is 108 Å². The van der Waals surface area contributed by atoms with Gasteiger partial charge < -0.3 is 9.47 Å². The van der Waals surface area contributed by atoms with E-state index < -0.39 is 0 Å². The van der Waals surface area contributed by atoms with E-state index in [1.54, 1.807) is 13.3 Å². The van der Waals surface area contributed by atoms with E-state index in [1.807, 2.05) is 31.2 Å². The van der Waals surface area contributed by atoms with E-state index in [2.05, 4.69) is 27.6 Å². The molecule has 0 amide bonds. The van der Waals surface area contributed by atoms with E-state index in [-0.39, 0.29) is 6.29 Å². The highest BCUT2D eigenvalue weighted by molar-refractivity contribution is 14.1. The molecular formula is C12H12INO2. The zero-order valence-corrected chi connectivity index (χ0v) is 11.3. The third-order valence-corrected chi connectivity index (χ3v) is 2.93. The van der Waals surface area contributed by atoms with E-state index in [0.717, 1.165) is 16.7 Å². The van der Waals surface area contributed by atoms with Gasteiger partial charge in [-0.15, -0.1) is 0 Å². The highest BCUT2D eigenvalue weighted by Gasteiger charge is 2.03. The summed E-state index contributed by atoms with van der Waals surface area (Å²) in [6.45, 7) is 1.85. The number of benzene rings is 1. The van der Waals surface area contributed by atoms with Gasteiger partial charge in [0.05, 0.1) is 11.7 Å². The fourth-order valence-electron chi connectivity index (χ4n) is 1.38. The number of hydrogen-bond acceptors (Lipinski definition) is 3. The third-order valence-electron chi connectivity index (χ3n) is 2.26. The van der Waals surface area contributed by atoms with E-state index >= 15 is 0 Å². The number of methoxy groups -OCH3 is 1. The molecule has 0 saturated carbocycles. The molecule has 1 atom stereocenters. The van der Waals surface area contributed by atoms with Gasteiger partial charge in [-0.3, -0.25) is 4.98 Å². The standard InChI is InChI=1S/C12H12INO2/c1-8(15-2)16-11-5-9-3-4-10(13)6-12(9)14-7-11/h3-8H,1-2H3. The Morgan fingerprint density at radius 3 is 2.88 bits per heavy atom. The van der Waals surface area contributed by atoms with Gasteiger partial charge >= 0.3 is 0 Å². The highest BCUT2D eigenvalue weighted by atomic mass is 127. The van der Waals surface area contributed by atoms with Crippen molar-refractivity contribution < 1.29 is 9.47 Å². The SMILES string of the molecule is COC(C)Oc1cnc2cc(I)ccc2c1. The highest BCUT2D eigenvalue weighted by Crippen LogP contribution is 2.21. The molecule has 0 radical (unpaired) electrons. The first kappa shape index (κ1) is 11.6. The van der Waals surface area contributed by atoms with Crippen molar-refractivity contribution in [1.29, 1.82) is 0 Å². The van der Waals surface area contributed by atoms with Crippen molar-refractivity contribution in [2.45, 2.75) is 13.2 Å². The molecule has 2 aromatic rings. The maximum absolute atomic E-state index is 5.52. The first-order chi connectivity index (χ1) is 7.69. The fourth-order valence-corrected chi connectivity index (χ4v) is 1.85. The number of ether oxygens (including phenoxy) is 2. The van der Waals surface area contributed by atoms with Crippen molar-refractivity contribution in [2.24, 2.45) is 0 Å². The minimum absolute atomic E-state index is 0.261. The Kier molecular flexibility index (Phi) is 3.60. The number of hydrogen-bond donors (Lipinski definition) is 0. The summed E-state index contributed by atoms with van der Waals surface area (Å²) in [5.74, 6) is 0.725. The van der Waals surface area contributed by atoms with Crippen LogP contribution in [0.25, 0.3) is 10.9 Å². The average Bonchev–Trinajstić information content (AvgIpc) is 2.29. The lowest BCUT2D eigenvalue weighted by Gasteiger charge is -2.12. The van der Waals surface area contributed by atoms with Crippen molar-refractivity contribution in [3.8, 4) is 5.75 Å². The Bertz CT molecular complexity index is 501. The molecule has 1 aromatic carbocycles. The molecule has 1 unspecified atom stereocenters. The quantitative estimate of drug-likeness (QED) is 0.640. The van der Waals surface area contributed by atoms with Gasteiger partial charge in [0.15, 0.2) is 6.29 Å². The van der Waals surface area contributed by atoms with Crippen LogP contribution in [0.2, 0.25) is 0 Å². The van der Waals surface area contributed by atoms with Crippen molar-refractivity contribution in [3.05, 3.63) is 34.0 Å². The topological polar surface area (TPSA) is 31.4 Å². The zero-order chi connectivity index (χ0) is 11.5. The van der Waals surface area contributed by atoms with Gasteiger partial charge in [0.2, 0.25) is 0 Å². The Morgan fingerprint density at radius 2 is 2.12 bits per heavy atom. The Balaban J connectivity index is 2.33. The van der Waals surface area contributed by atoms with Gasteiger partial charge in [0.1, 0.15) is 5.75 Å². The van der Waals surface area contributed by atoms with Gasteiger partial charge in [-0.1, -0.05) is 6.07 Å². The molecule has 0 fully saturated rings. The smallest absolute Gasteiger partial charge is 0.196 e. The number of fused-ring (bicyclic) bond motifs is 1. The third kappa shape index (κ3) is 2.62. The molecule has 0 N–H and O–H groups in total. The van der Waals surface area contributed by atoms with Crippen LogP contribution in [0.1, 0.15) is 6.92 Å². The second-order valence-corrected chi connectivity index (χ2v) is 4.67. The first-order valence-corrected chi connectivity index (χ1v) is 6.01. The molecule has 2 rings (SSSR count). The van der Waals surface area contributed by atoms with Crippen LogP contribution in [-0.2, 0) is 4.74 Å². The monoisotopic (exact) mass is 329 g/mol. The van der Waals surface area contributed by atoms with Crippen molar-refractivity contribution in [1.82, 2.24) is 4.98 Å². The molecule has 1 aromatic heterocycles. The lowest BCUT2D eigenvalue weighted by molar-refractivity contribution is -0.0383. The number of aromatic nitrogens is 1. The largest absolute Gasteiger partial charge is 0.464 e. The summed E-state index contributed by atoms with van der Waals surface area (Å²) in [7, 11) is 1.61. The molecule has 0 aliphatic rings. The predicted molar refractivity (Wildman–Crippen MR) is 71.6 cm³/mol. The van der Waals surface area contributed by atoms with Gasteiger partial charge in [-0.05, 0) is 47.7 Å². The lowest BCUT2D eigenvalue weighted by Crippen LogP contribution is -2.13. The molecule has 3 nitrogen and oxygen atoms in total. The van der Waals surface area contributed by atoms with Gasteiger partial charge in [0, 0.05) is 16.1 Å². The number of halogens is 1. The maximum atomic E-state index is 5.52. The molecule has 0 bridgehead atoms. The first-order valence-electron chi connectivity index (χ1n) is 4.94. The molecule has 84 valence electrons. The molecule has 0 aliphatic carbocycles. The molecule has 16 heavy (non-hydrogen) atoms. The van der Waals surface area contributed by atoms with Crippen LogP contribution in [0.3, 0.4) is 0 Å². The van der Waals surface area contributed by atoms with E-state index in [4.69, 9.17) is 9.47 Å². The lowest BCUT2D eigenvalue weighted by atomic mass is 10.2. The second-order valence-electron chi connectivity index (χ2n) is 3.43. The summed E-state index contributed by atoms with van der Waals surface area (Å²) in [5, 5.41) is 1.07. The van der Waals surface area contributed by atoms with Crippen LogP contribution in [0.4, 0.5) is 0 Å². The van der Waals surface area contributed by atoms with E-state index in [0.29, 0.717) is 0 Å². The number of pyridine rings is 1. The van der Waals surface area contributed by atoms with Crippen LogP contribution < -0.4 is 4.74 Å².